The van der Waals surface area contributed by atoms with Gasteiger partial charge < -0.3 is 14.8 Å². The molecule has 0 amide bonds. The maximum atomic E-state index is 5.81. The quantitative estimate of drug-likeness (QED) is 0.860. The summed E-state index contributed by atoms with van der Waals surface area (Å²) in [6.45, 7) is 10.3. The zero-order chi connectivity index (χ0) is 14.6. The first-order chi connectivity index (χ1) is 9.48. The molecule has 2 unspecified atom stereocenters. The number of rotatable bonds is 6. The normalized spacial score (nSPS) is 24.1. The Morgan fingerprint density at radius 3 is 2.50 bits per heavy atom. The highest BCUT2D eigenvalue weighted by molar-refractivity contribution is 5.29. The van der Waals surface area contributed by atoms with Gasteiger partial charge in [-0.2, -0.15) is 0 Å². The SMILES string of the molecule is CC(C)Oc1ccc(C(C)NCC2(C)CCCO2)cc1. The van der Waals surface area contributed by atoms with Gasteiger partial charge in [-0.05, 0) is 58.2 Å². The number of ether oxygens (including phenoxy) is 2. The average molecular weight is 277 g/mol. The van der Waals surface area contributed by atoms with E-state index in [2.05, 4.69) is 31.3 Å². The van der Waals surface area contributed by atoms with Crippen molar-refractivity contribution in [1.82, 2.24) is 5.32 Å². The molecule has 0 spiro atoms. The minimum Gasteiger partial charge on any atom is -0.491 e. The first-order valence-corrected chi connectivity index (χ1v) is 7.62. The summed E-state index contributed by atoms with van der Waals surface area (Å²) in [6.07, 6.45) is 2.54. The molecule has 112 valence electrons. The highest BCUT2D eigenvalue weighted by atomic mass is 16.5. The fraction of sp³-hybridized carbons (Fsp3) is 0.647. The largest absolute Gasteiger partial charge is 0.491 e. The summed E-state index contributed by atoms with van der Waals surface area (Å²) in [5.41, 5.74) is 1.29. The van der Waals surface area contributed by atoms with Gasteiger partial charge in [0.25, 0.3) is 0 Å². The van der Waals surface area contributed by atoms with Crippen LogP contribution < -0.4 is 10.1 Å². The molecule has 1 aromatic carbocycles. The van der Waals surface area contributed by atoms with E-state index in [0.717, 1.165) is 25.3 Å². The van der Waals surface area contributed by atoms with E-state index >= 15 is 0 Å². The van der Waals surface area contributed by atoms with E-state index in [0.29, 0.717) is 6.04 Å². The summed E-state index contributed by atoms with van der Waals surface area (Å²) in [5, 5.41) is 3.58. The molecular weight excluding hydrogens is 250 g/mol. The molecule has 0 bridgehead atoms. The standard InChI is InChI=1S/C17H27NO2/c1-13(2)20-16-8-6-15(7-9-16)14(3)18-12-17(4)10-5-11-19-17/h6-9,13-14,18H,5,10-12H2,1-4H3. The Bertz CT molecular complexity index is 408. The van der Waals surface area contributed by atoms with Crippen LogP contribution in [0.5, 0.6) is 5.75 Å². The molecule has 1 heterocycles. The van der Waals surface area contributed by atoms with Crippen molar-refractivity contribution in [2.24, 2.45) is 0 Å². The number of hydrogen-bond donors (Lipinski definition) is 1. The summed E-state index contributed by atoms with van der Waals surface area (Å²) in [7, 11) is 0. The van der Waals surface area contributed by atoms with Gasteiger partial charge in [0.2, 0.25) is 0 Å². The zero-order valence-corrected chi connectivity index (χ0v) is 13.1. The van der Waals surface area contributed by atoms with Crippen molar-refractivity contribution in [3.05, 3.63) is 29.8 Å². The average Bonchev–Trinajstić information content (AvgIpc) is 2.84. The van der Waals surface area contributed by atoms with Gasteiger partial charge >= 0.3 is 0 Å². The van der Waals surface area contributed by atoms with Crippen molar-refractivity contribution in [1.29, 1.82) is 0 Å². The van der Waals surface area contributed by atoms with Crippen LogP contribution >= 0.6 is 0 Å². The van der Waals surface area contributed by atoms with Crippen LogP contribution in [0.15, 0.2) is 24.3 Å². The Kier molecular flexibility index (Phi) is 5.06. The van der Waals surface area contributed by atoms with Gasteiger partial charge in [0.15, 0.2) is 0 Å². The maximum Gasteiger partial charge on any atom is 0.119 e. The molecule has 1 aliphatic rings. The van der Waals surface area contributed by atoms with Crippen molar-refractivity contribution in [3.63, 3.8) is 0 Å². The molecule has 2 atom stereocenters. The molecule has 1 saturated heterocycles. The van der Waals surface area contributed by atoms with Crippen LogP contribution in [0, 0.1) is 0 Å². The minimum absolute atomic E-state index is 0.00888. The van der Waals surface area contributed by atoms with Crippen molar-refractivity contribution >= 4 is 0 Å². The highest BCUT2D eigenvalue weighted by Gasteiger charge is 2.29. The van der Waals surface area contributed by atoms with Crippen LogP contribution in [-0.4, -0.2) is 24.9 Å². The molecule has 3 nitrogen and oxygen atoms in total. The second-order valence-corrected chi connectivity index (χ2v) is 6.24. The van der Waals surface area contributed by atoms with Crippen LogP contribution in [0.25, 0.3) is 0 Å². The van der Waals surface area contributed by atoms with Gasteiger partial charge in [0.1, 0.15) is 5.75 Å². The van der Waals surface area contributed by atoms with Crippen molar-refractivity contribution in [2.75, 3.05) is 13.2 Å². The molecule has 1 N–H and O–H groups in total. The second kappa shape index (κ2) is 6.59. The van der Waals surface area contributed by atoms with Crippen molar-refractivity contribution < 1.29 is 9.47 Å². The Morgan fingerprint density at radius 1 is 1.25 bits per heavy atom. The van der Waals surface area contributed by atoms with E-state index in [1.54, 1.807) is 0 Å². The van der Waals surface area contributed by atoms with Crippen molar-refractivity contribution in [2.45, 2.75) is 58.3 Å². The van der Waals surface area contributed by atoms with E-state index in [-0.39, 0.29) is 11.7 Å². The molecule has 1 aliphatic heterocycles. The van der Waals surface area contributed by atoms with Gasteiger partial charge in [-0.3, -0.25) is 0 Å². The Hall–Kier alpha value is -1.06. The van der Waals surface area contributed by atoms with Crippen molar-refractivity contribution in [3.8, 4) is 5.75 Å². The fourth-order valence-corrected chi connectivity index (χ4v) is 2.57. The molecule has 1 aromatic rings. The summed E-state index contributed by atoms with van der Waals surface area (Å²) in [6, 6.07) is 8.67. The van der Waals surface area contributed by atoms with E-state index in [1.807, 2.05) is 26.0 Å². The van der Waals surface area contributed by atoms with E-state index < -0.39 is 0 Å². The van der Waals surface area contributed by atoms with Crippen LogP contribution in [0.3, 0.4) is 0 Å². The lowest BCUT2D eigenvalue weighted by atomic mass is 10.0. The molecule has 0 radical (unpaired) electrons. The third kappa shape index (κ3) is 4.22. The monoisotopic (exact) mass is 277 g/mol. The smallest absolute Gasteiger partial charge is 0.119 e. The van der Waals surface area contributed by atoms with Crippen LogP contribution in [0.2, 0.25) is 0 Å². The van der Waals surface area contributed by atoms with Gasteiger partial charge in [0, 0.05) is 19.2 Å². The summed E-state index contributed by atoms with van der Waals surface area (Å²) in [4.78, 5) is 0. The lowest BCUT2D eigenvalue weighted by Gasteiger charge is -2.26. The Balaban J connectivity index is 1.87. The molecule has 0 saturated carbocycles. The van der Waals surface area contributed by atoms with E-state index in [4.69, 9.17) is 9.47 Å². The summed E-state index contributed by atoms with van der Waals surface area (Å²) < 4.78 is 11.5. The molecule has 0 aliphatic carbocycles. The second-order valence-electron chi connectivity index (χ2n) is 6.24. The number of nitrogens with one attached hydrogen (secondary N) is 1. The maximum absolute atomic E-state index is 5.81. The van der Waals surface area contributed by atoms with Crippen LogP contribution in [0.1, 0.15) is 52.1 Å². The van der Waals surface area contributed by atoms with E-state index in [9.17, 15) is 0 Å². The van der Waals surface area contributed by atoms with E-state index in [1.165, 1.54) is 12.0 Å². The molecule has 3 heteroatoms. The molecular formula is C17H27NO2. The molecule has 20 heavy (non-hydrogen) atoms. The van der Waals surface area contributed by atoms with Gasteiger partial charge in [-0.1, -0.05) is 12.1 Å². The van der Waals surface area contributed by atoms with Crippen LogP contribution in [-0.2, 0) is 4.74 Å². The predicted molar refractivity (Wildman–Crippen MR) is 82.2 cm³/mol. The highest BCUT2D eigenvalue weighted by Crippen LogP contribution is 2.25. The van der Waals surface area contributed by atoms with Crippen LogP contribution in [0.4, 0.5) is 0 Å². The third-order valence-electron chi connectivity index (χ3n) is 3.83. The zero-order valence-electron chi connectivity index (χ0n) is 13.1. The molecule has 2 rings (SSSR count). The summed E-state index contributed by atoms with van der Waals surface area (Å²) in [5.74, 6) is 0.932. The third-order valence-corrected chi connectivity index (χ3v) is 3.83. The van der Waals surface area contributed by atoms with Gasteiger partial charge in [-0.15, -0.1) is 0 Å². The predicted octanol–water partition coefficient (Wildman–Crippen LogP) is 3.69. The summed E-state index contributed by atoms with van der Waals surface area (Å²) >= 11 is 0. The minimum atomic E-state index is 0.00888. The number of benzene rings is 1. The van der Waals surface area contributed by atoms with Gasteiger partial charge in [-0.25, -0.2) is 0 Å². The van der Waals surface area contributed by atoms with Gasteiger partial charge in [0.05, 0.1) is 11.7 Å². The fourth-order valence-electron chi connectivity index (χ4n) is 2.57. The first kappa shape index (κ1) is 15.3. The Morgan fingerprint density at radius 2 is 1.95 bits per heavy atom. The number of hydrogen-bond acceptors (Lipinski definition) is 3. The first-order valence-electron chi connectivity index (χ1n) is 7.62. The Labute approximate surface area is 122 Å². The lowest BCUT2D eigenvalue weighted by molar-refractivity contribution is 0.0191. The topological polar surface area (TPSA) is 30.5 Å². The molecule has 0 aromatic heterocycles. The molecule has 1 fully saturated rings. The lowest BCUT2D eigenvalue weighted by Crippen LogP contribution is -2.38.